The van der Waals surface area contributed by atoms with Crippen molar-refractivity contribution in [3.63, 3.8) is 0 Å². The number of carboxylic acids is 1. The van der Waals surface area contributed by atoms with Crippen LogP contribution in [-0.2, 0) is 21.0 Å². The zero-order valence-corrected chi connectivity index (χ0v) is 12.5. The van der Waals surface area contributed by atoms with Crippen LogP contribution in [0, 0.1) is 10.1 Å². The number of nitrogens with one attached hydrogen (secondary N) is 1. The fourth-order valence-corrected chi connectivity index (χ4v) is 2.90. The summed E-state index contributed by atoms with van der Waals surface area (Å²) >= 11 is 0. The third-order valence-corrected chi connectivity index (χ3v) is 4.36. The van der Waals surface area contributed by atoms with Crippen LogP contribution in [0.25, 0.3) is 0 Å². The lowest BCUT2D eigenvalue weighted by Gasteiger charge is -2.21. The van der Waals surface area contributed by atoms with Crippen molar-refractivity contribution in [2.24, 2.45) is 0 Å². The molecule has 0 unspecified atom stereocenters. The number of alkyl halides is 3. The maximum Gasteiger partial charge on any atom is 0.423 e. The molecule has 0 aliphatic carbocycles. The van der Waals surface area contributed by atoms with Gasteiger partial charge < -0.3 is 5.11 Å². The smallest absolute Gasteiger partial charge is 0.423 e. The maximum atomic E-state index is 12.8. The minimum absolute atomic E-state index is 0.0817. The van der Waals surface area contributed by atoms with Gasteiger partial charge in [0, 0.05) is 6.07 Å². The standard InChI is InChI=1S/C11H11F3N2O6S/c1-10(2,9(17)18)15-23(21,22)6-3-4-8(16(19)20)7(5-6)11(12,13)14/h3-5,15H,1-2H3,(H,17,18). The third-order valence-electron chi connectivity index (χ3n) is 2.70. The second-order valence-corrected chi connectivity index (χ2v) is 6.65. The Kier molecular flexibility index (Phi) is 4.73. The van der Waals surface area contributed by atoms with E-state index in [0.717, 1.165) is 13.8 Å². The Morgan fingerprint density at radius 3 is 2.22 bits per heavy atom. The molecule has 0 radical (unpaired) electrons. The van der Waals surface area contributed by atoms with Crippen molar-refractivity contribution in [3.05, 3.63) is 33.9 Å². The fraction of sp³-hybridized carbons (Fsp3) is 0.364. The molecule has 0 spiro atoms. The van der Waals surface area contributed by atoms with Crippen molar-refractivity contribution in [2.75, 3.05) is 0 Å². The summed E-state index contributed by atoms with van der Waals surface area (Å²) in [5, 5.41) is 19.5. The zero-order valence-electron chi connectivity index (χ0n) is 11.7. The van der Waals surface area contributed by atoms with Gasteiger partial charge in [0.05, 0.1) is 9.82 Å². The highest BCUT2D eigenvalue weighted by Crippen LogP contribution is 2.37. The molecule has 0 heterocycles. The molecule has 0 aliphatic rings. The van der Waals surface area contributed by atoms with Gasteiger partial charge in [-0.1, -0.05) is 0 Å². The lowest BCUT2D eigenvalue weighted by Crippen LogP contribution is -2.49. The van der Waals surface area contributed by atoms with E-state index in [1.165, 1.54) is 0 Å². The molecule has 0 saturated carbocycles. The Morgan fingerprint density at radius 1 is 1.30 bits per heavy atom. The van der Waals surface area contributed by atoms with Crippen LogP contribution < -0.4 is 4.72 Å². The first-order valence-electron chi connectivity index (χ1n) is 5.81. The molecule has 12 heteroatoms. The van der Waals surface area contributed by atoms with Gasteiger partial charge in [-0.25, -0.2) is 8.42 Å². The van der Waals surface area contributed by atoms with Crippen LogP contribution in [0.15, 0.2) is 23.1 Å². The largest absolute Gasteiger partial charge is 0.480 e. The number of aliphatic carboxylic acids is 1. The van der Waals surface area contributed by atoms with Gasteiger partial charge in [-0.3, -0.25) is 14.9 Å². The summed E-state index contributed by atoms with van der Waals surface area (Å²) in [5.41, 5.74) is -5.05. The summed E-state index contributed by atoms with van der Waals surface area (Å²) in [6, 6.07) is 1.07. The summed E-state index contributed by atoms with van der Waals surface area (Å²) in [6.45, 7) is 1.98. The monoisotopic (exact) mass is 356 g/mol. The molecular weight excluding hydrogens is 345 g/mol. The Balaban J connectivity index is 3.45. The Hall–Kier alpha value is -2.21. The summed E-state index contributed by atoms with van der Waals surface area (Å²) in [4.78, 5) is 19.3. The van der Waals surface area contributed by atoms with Gasteiger partial charge in [-0.2, -0.15) is 17.9 Å². The van der Waals surface area contributed by atoms with Gasteiger partial charge in [0.2, 0.25) is 10.0 Å². The maximum absolute atomic E-state index is 12.8. The van der Waals surface area contributed by atoms with Crippen LogP contribution in [0.4, 0.5) is 18.9 Å². The molecule has 128 valence electrons. The van der Waals surface area contributed by atoms with Crippen molar-refractivity contribution < 1.29 is 36.4 Å². The molecule has 0 aliphatic heterocycles. The van der Waals surface area contributed by atoms with Crippen molar-refractivity contribution in [2.45, 2.75) is 30.5 Å². The van der Waals surface area contributed by atoms with E-state index in [4.69, 9.17) is 5.11 Å². The molecule has 1 aromatic carbocycles. The number of nitrogens with zero attached hydrogens (tertiary/aromatic N) is 1. The normalized spacial score (nSPS) is 12.9. The molecule has 0 aromatic heterocycles. The average molecular weight is 356 g/mol. The van der Waals surface area contributed by atoms with Crippen LogP contribution in [0.1, 0.15) is 19.4 Å². The molecule has 0 amide bonds. The number of carboxylic acid groups (broad SMARTS) is 1. The number of nitro groups is 1. The molecule has 0 saturated heterocycles. The Morgan fingerprint density at radius 2 is 1.83 bits per heavy atom. The minimum atomic E-state index is -5.16. The molecule has 1 rings (SSSR count). The Labute approximate surface area is 128 Å². The SMILES string of the molecule is CC(C)(NS(=O)(=O)c1ccc([N+](=O)[O-])c(C(F)(F)F)c1)C(=O)O. The van der Waals surface area contributed by atoms with Crippen LogP contribution in [0.2, 0.25) is 0 Å². The van der Waals surface area contributed by atoms with E-state index in [-0.39, 0.29) is 6.07 Å². The van der Waals surface area contributed by atoms with Gasteiger partial charge in [0.25, 0.3) is 5.69 Å². The average Bonchev–Trinajstić information content (AvgIpc) is 2.35. The molecule has 8 nitrogen and oxygen atoms in total. The van der Waals surface area contributed by atoms with E-state index in [1.807, 2.05) is 0 Å². The summed E-state index contributed by atoms with van der Waals surface area (Å²) in [5.74, 6) is -1.56. The molecular formula is C11H11F3N2O6S. The van der Waals surface area contributed by atoms with Crippen molar-refractivity contribution >= 4 is 21.7 Å². The lowest BCUT2D eigenvalue weighted by atomic mass is 10.1. The molecule has 0 atom stereocenters. The third kappa shape index (κ3) is 4.16. The number of carbonyl (C=O) groups is 1. The van der Waals surface area contributed by atoms with Crippen molar-refractivity contribution in [3.8, 4) is 0 Å². The number of rotatable bonds is 5. The first-order valence-corrected chi connectivity index (χ1v) is 7.30. The summed E-state index contributed by atoms with van der Waals surface area (Å²) in [6.07, 6.45) is -5.16. The van der Waals surface area contributed by atoms with E-state index in [0.29, 0.717) is 12.1 Å². The number of sulfonamides is 1. The highest BCUT2D eigenvalue weighted by molar-refractivity contribution is 7.89. The van der Waals surface area contributed by atoms with Crippen LogP contribution in [0.5, 0.6) is 0 Å². The summed E-state index contributed by atoms with van der Waals surface area (Å²) in [7, 11) is -4.64. The molecule has 1 aromatic rings. The molecule has 23 heavy (non-hydrogen) atoms. The number of benzene rings is 1. The van der Waals surface area contributed by atoms with Crippen molar-refractivity contribution in [1.29, 1.82) is 0 Å². The lowest BCUT2D eigenvalue weighted by molar-refractivity contribution is -0.388. The predicted octanol–water partition coefficient (Wildman–Crippen LogP) is 1.76. The quantitative estimate of drug-likeness (QED) is 0.611. The molecule has 0 bridgehead atoms. The first kappa shape index (κ1) is 18.8. The van der Waals surface area contributed by atoms with Crippen LogP contribution in [-0.4, -0.2) is 30.0 Å². The van der Waals surface area contributed by atoms with Gasteiger partial charge in [-0.15, -0.1) is 0 Å². The number of halogens is 3. The van der Waals surface area contributed by atoms with E-state index < -0.39 is 48.8 Å². The van der Waals surface area contributed by atoms with Gasteiger partial charge in [0.1, 0.15) is 11.1 Å². The van der Waals surface area contributed by atoms with E-state index in [2.05, 4.69) is 0 Å². The highest BCUT2D eigenvalue weighted by Gasteiger charge is 2.40. The molecule has 0 fully saturated rings. The second kappa shape index (κ2) is 5.77. The second-order valence-electron chi connectivity index (χ2n) is 4.97. The van der Waals surface area contributed by atoms with Crippen molar-refractivity contribution in [1.82, 2.24) is 4.72 Å². The number of hydrogen-bond acceptors (Lipinski definition) is 5. The number of nitro benzene ring substituents is 1. The molecule has 2 N–H and O–H groups in total. The van der Waals surface area contributed by atoms with Crippen LogP contribution >= 0.6 is 0 Å². The van der Waals surface area contributed by atoms with Crippen LogP contribution in [0.3, 0.4) is 0 Å². The summed E-state index contributed by atoms with van der Waals surface area (Å²) < 4.78 is 64.2. The minimum Gasteiger partial charge on any atom is -0.480 e. The number of hydrogen-bond donors (Lipinski definition) is 2. The van der Waals surface area contributed by atoms with Gasteiger partial charge in [0.15, 0.2) is 0 Å². The zero-order chi connectivity index (χ0) is 18.2. The van der Waals surface area contributed by atoms with Gasteiger partial charge in [-0.05, 0) is 26.0 Å². The van der Waals surface area contributed by atoms with E-state index in [9.17, 15) is 36.5 Å². The topological polar surface area (TPSA) is 127 Å². The predicted molar refractivity (Wildman–Crippen MR) is 70.1 cm³/mol. The highest BCUT2D eigenvalue weighted by atomic mass is 32.2. The fourth-order valence-electron chi connectivity index (χ4n) is 1.51. The Bertz CT molecular complexity index is 758. The van der Waals surface area contributed by atoms with E-state index >= 15 is 0 Å². The first-order chi connectivity index (χ1) is 10.2. The van der Waals surface area contributed by atoms with Gasteiger partial charge >= 0.3 is 12.1 Å². The van der Waals surface area contributed by atoms with E-state index in [1.54, 1.807) is 4.72 Å².